The van der Waals surface area contributed by atoms with Crippen LogP contribution in [0.5, 0.6) is 0 Å². The molecule has 7 heteroatoms. The molecule has 0 unspecified atom stereocenters. The van der Waals surface area contributed by atoms with Crippen LogP contribution < -0.4 is 15.9 Å². The van der Waals surface area contributed by atoms with E-state index in [2.05, 4.69) is 15.6 Å². The van der Waals surface area contributed by atoms with Crippen LogP contribution in [-0.2, 0) is 0 Å². The molecule has 0 aliphatic heterocycles. The SMILES string of the molecule is CC(C)n1nc(C(=O)N/N=C\c2ccc(N(C)C)cc2)c2ccccc2c1=O. The van der Waals surface area contributed by atoms with Gasteiger partial charge in [0, 0.05) is 25.2 Å². The second-order valence-electron chi connectivity index (χ2n) is 6.92. The lowest BCUT2D eigenvalue weighted by Crippen LogP contribution is -2.30. The van der Waals surface area contributed by atoms with Crippen LogP contribution in [0.4, 0.5) is 5.69 Å². The molecule has 1 aromatic heterocycles. The lowest BCUT2D eigenvalue weighted by Gasteiger charge is -2.12. The number of rotatable bonds is 5. The van der Waals surface area contributed by atoms with E-state index in [0.29, 0.717) is 10.8 Å². The number of amides is 1. The maximum atomic E-state index is 12.7. The molecule has 0 atom stereocenters. The minimum atomic E-state index is -0.466. The van der Waals surface area contributed by atoms with E-state index in [1.165, 1.54) is 4.68 Å². The average molecular weight is 377 g/mol. The summed E-state index contributed by atoms with van der Waals surface area (Å²) < 4.78 is 1.32. The lowest BCUT2D eigenvalue weighted by atomic mass is 10.1. The van der Waals surface area contributed by atoms with Crippen molar-refractivity contribution in [1.82, 2.24) is 15.2 Å². The smallest absolute Gasteiger partial charge is 0.292 e. The number of fused-ring (bicyclic) bond motifs is 1. The van der Waals surface area contributed by atoms with E-state index in [0.717, 1.165) is 11.3 Å². The van der Waals surface area contributed by atoms with Crippen LogP contribution in [0.2, 0.25) is 0 Å². The number of aromatic nitrogens is 2. The number of anilines is 1. The highest BCUT2D eigenvalue weighted by Crippen LogP contribution is 2.15. The Bertz CT molecular complexity index is 1080. The fraction of sp³-hybridized carbons (Fsp3) is 0.238. The third-order valence-electron chi connectivity index (χ3n) is 4.32. The first-order chi connectivity index (χ1) is 13.4. The van der Waals surface area contributed by atoms with Gasteiger partial charge in [-0.05, 0) is 37.6 Å². The van der Waals surface area contributed by atoms with E-state index < -0.39 is 5.91 Å². The summed E-state index contributed by atoms with van der Waals surface area (Å²) in [6, 6.07) is 14.6. The van der Waals surface area contributed by atoms with Crippen LogP contribution in [0, 0.1) is 0 Å². The third-order valence-corrected chi connectivity index (χ3v) is 4.32. The Morgan fingerprint density at radius 2 is 1.75 bits per heavy atom. The van der Waals surface area contributed by atoms with E-state index >= 15 is 0 Å². The van der Waals surface area contributed by atoms with Crippen LogP contribution in [-0.4, -0.2) is 36.0 Å². The fourth-order valence-corrected chi connectivity index (χ4v) is 2.80. The zero-order valence-electron chi connectivity index (χ0n) is 16.4. The zero-order chi connectivity index (χ0) is 20.3. The highest BCUT2D eigenvalue weighted by Gasteiger charge is 2.17. The standard InChI is InChI=1S/C21H23N5O2/c1-14(2)26-21(28)18-8-6-5-7-17(18)19(24-26)20(27)23-22-13-15-9-11-16(12-10-15)25(3)4/h5-14H,1-4H3,(H,23,27)/b22-13-. The van der Waals surface area contributed by atoms with Gasteiger partial charge < -0.3 is 4.90 Å². The molecule has 0 aliphatic rings. The summed E-state index contributed by atoms with van der Waals surface area (Å²) >= 11 is 0. The van der Waals surface area contributed by atoms with Crippen molar-refractivity contribution < 1.29 is 4.79 Å². The second kappa shape index (κ2) is 8.04. The van der Waals surface area contributed by atoms with Gasteiger partial charge in [0.15, 0.2) is 5.69 Å². The normalized spacial score (nSPS) is 11.3. The van der Waals surface area contributed by atoms with E-state index in [9.17, 15) is 9.59 Å². The van der Waals surface area contributed by atoms with Crippen molar-refractivity contribution in [2.24, 2.45) is 5.10 Å². The number of benzene rings is 2. The molecule has 28 heavy (non-hydrogen) atoms. The van der Waals surface area contributed by atoms with Gasteiger partial charge in [0.2, 0.25) is 0 Å². The van der Waals surface area contributed by atoms with Crippen molar-refractivity contribution in [3.8, 4) is 0 Å². The molecule has 1 heterocycles. The van der Waals surface area contributed by atoms with E-state index in [-0.39, 0.29) is 17.3 Å². The molecule has 0 bridgehead atoms. The van der Waals surface area contributed by atoms with Crippen molar-refractivity contribution in [3.05, 3.63) is 70.1 Å². The van der Waals surface area contributed by atoms with Gasteiger partial charge in [-0.1, -0.05) is 30.3 Å². The van der Waals surface area contributed by atoms with Crippen molar-refractivity contribution >= 4 is 28.6 Å². The second-order valence-corrected chi connectivity index (χ2v) is 6.92. The largest absolute Gasteiger partial charge is 0.378 e. The third kappa shape index (κ3) is 3.93. The average Bonchev–Trinajstić information content (AvgIpc) is 2.68. The van der Waals surface area contributed by atoms with Gasteiger partial charge in [0.25, 0.3) is 11.5 Å². The van der Waals surface area contributed by atoms with Crippen molar-refractivity contribution in [2.75, 3.05) is 19.0 Å². The quantitative estimate of drug-likeness (QED) is 0.548. The van der Waals surface area contributed by atoms with Gasteiger partial charge in [-0.15, -0.1) is 0 Å². The Labute approximate surface area is 163 Å². The van der Waals surface area contributed by atoms with Gasteiger partial charge in [-0.25, -0.2) is 10.1 Å². The molecule has 144 valence electrons. The summed E-state index contributed by atoms with van der Waals surface area (Å²) in [5.41, 5.74) is 4.39. The Morgan fingerprint density at radius 3 is 2.36 bits per heavy atom. The van der Waals surface area contributed by atoms with Crippen LogP contribution in [0.25, 0.3) is 10.8 Å². The molecule has 3 aromatic rings. The fourth-order valence-electron chi connectivity index (χ4n) is 2.80. The molecule has 1 amide bonds. The van der Waals surface area contributed by atoms with Crippen molar-refractivity contribution in [3.63, 3.8) is 0 Å². The number of nitrogens with zero attached hydrogens (tertiary/aromatic N) is 4. The maximum absolute atomic E-state index is 12.7. The monoisotopic (exact) mass is 377 g/mol. The number of carbonyl (C=O) groups excluding carboxylic acids is 1. The Kier molecular flexibility index (Phi) is 5.54. The summed E-state index contributed by atoms with van der Waals surface area (Å²) in [4.78, 5) is 27.2. The predicted molar refractivity (Wildman–Crippen MR) is 112 cm³/mol. The number of nitrogens with one attached hydrogen (secondary N) is 1. The molecule has 0 radical (unpaired) electrons. The van der Waals surface area contributed by atoms with Gasteiger partial charge in [-0.2, -0.15) is 10.2 Å². The maximum Gasteiger partial charge on any atom is 0.292 e. The molecule has 7 nitrogen and oxygen atoms in total. The minimum absolute atomic E-state index is 0.164. The molecule has 2 aromatic carbocycles. The van der Waals surface area contributed by atoms with E-state index in [4.69, 9.17) is 0 Å². The van der Waals surface area contributed by atoms with Gasteiger partial charge in [0.1, 0.15) is 0 Å². The first-order valence-electron chi connectivity index (χ1n) is 9.01. The lowest BCUT2D eigenvalue weighted by molar-refractivity contribution is 0.0949. The Morgan fingerprint density at radius 1 is 1.11 bits per heavy atom. The summed E-state index contributed by atoms with van der Waals surface area (Å²) in [7, 11) is 3.94. The molecule has 0 spiro atoms. The summed E-state index contributed by atoms with van der Waals surface area (Å²) in [6.45, 7) is 3.70. The summed E-state index contributed by atoms with van der Waals surface area (Å²) in [6.07, 6.45) is 1.57. The van der Waals surface area contributed by atoms with Crippen LogP contribution >= 0.6 is 0 Å². The predicted octanol–water partition coefficient (Wildman–Crippen LogP) is 2.81. The van der Waals surface area contributed by atoms with Crippen LogP contribution in [0.1, 0.15) is 35.9 Å². The minimum Gasteiger partial charge on any atom is -0.378 e. The topological polar surface area (TPSA) is 79.6 Å². The van der Waals surface area contributed by atoms with Crippen LogP contribution in [0.3, 0.4) is 0 Å². The highest BCUT2D eigenvalue weighted by atomic mass is 16.2. The molecule has 1 N–H and O–H groups in total. The number of hydrogen-bond acceptors (Lipinski definition) is 5. The summed E-state index contributed by atoms with van der Waals surface area (Å²) in [5.74, 6) is -0.466. The molecule has 3 rings (SSSR count). The van der Waals surface area contributed by atoms with E-state index in [1.807, 2.05) is 57.1 Å². The molecule has 0 saturated heterocycles. The number of hydrogen-bond donors (Lipinski definition) is 1. The first-order valence-corrected chi connectivity index (χ1v) is 9.01. The number of hydrazone groups is 1. The van der Waals surface area contributed by atoms with E-state index in [1.54, 1.807) is 30.5 Å². The van der Waals surface area contributed by atoms with Crippen molar-refractivity contribution in [1.29, 1.82) is 0 Å². The first kappa shape index (κ1) is 19.3. The highest BCUT2D eigenvalue weighted by molar-refractivity contribution is 6.05. The molecule has 0 aliphatic carbocycles. The zero-order valence-corrected chi connectivity index (χ0v) is 16.4. The number of carbonyl (C=O) groups is 1. The molecular weight excluding hydrogens is 354 g/mol. The van der Waals surface area contributed by atoms with Gasteiger partial charge in [0.05, 0.1) is 17.6 Å². The van der Waals surface area contributed by atoms with Crippen molar-refractivity contribution in [2.45, 2.75) is 19.9 Å². The molecule has 0 saturated carbocycles. The summed E-state index contributed by atoms with van der Waals surface area (Å²) in [5, 5.41) is 9.26. The van der Waals surface area contributed by atoms with Gasteiger partial charge >= 0.3 is 0 Å². The molecule has 0 fully saturated rings. The van der Waals surface area contributed by atoms with Crippen LogP contribution in [0.15, 0.2) is 58.4 Å². The molecular formula is C21H23N5O2. The Balaban J connectivity index is 1.87. The Hall–Kier alpha value is -3.48. The van der Waals surface area contributed by atoms with Gasteiger partial charge in [-0.3, -0.25) is 9.59 Å².